The summed E-state index contributed by atoms with van der Waals surface area (Å²) in [5.41, 5.74) is 8.28. The van der Waals surface area contributed by atoms with Gasteiger partial charge in [-0.05, 0) is 49.4 Å². The molecular formula is C17H19N. The number of hydrogen-bond donors (Lipinski definition) is 1. The zero-order valence-corrected chi connectivity index (χ0v) is 11.2. The normalized spacial score (nSPS) is 17.4. The number of hydrogen-bond acceptors (Lipinski definition) is 1. The summed E-state index contributed by atoms with van der Waals surface area (Å²) in [6.45, 7) is 6.54. The molecule has 1 aliphatic heterocycles. The Balaban J connectivity index is 1.96. The van der Waals surface area contributed by atoms with Gasteiger partial charge >= 0.3 is 0 Å². The fourth-order valence-electron chi connectivity index (χ4n) is 2.95. The van der Waals surface area contributed by atoms with E-state index in [1.54, 1.807) is 0 Å². The highest BCUT2D eigenvalue weighted by atomic mass is 15.0. The van der Waals surface area contributed by atoms with E-state index in [-0.39, 0.29) is 0 Å². The molecule has 0 amide bonds. The maximum absolute atomic E-state index is 3.68. The summed E-state index contributed by atoms with van der Waals surface area (Å²) in [6, 6.07) is 13.7. The molecule has 18 heavy (non-hydrogen) atoms. The molecule has 0 fully saturated rings. The molecule has 0 saturated heterocycles. The average molecular weight is 237 g/mol. The first-order valence-corrected chi connectivity index (χ1v) is 6.57. The largest absolute Gasteiger partial charge is 0.377 e. The number of aryl methyl sites for hydroxylation is 3. The van der Waals surface area contributed by atoms with Crippen molar-refractivity contribution >= 4 is 5.69 Å². The second kappa shape index (κ2) is 4.16. The van der Waals surface area contributed by atoms with E-state index in [9.17, 15) is 0 Å². The third-order valence-corrected chi connectivity index (χ3v) is 3.90. The van der Waals surface area contributed by atoms with Crippen LogP contribution in [0, 0.1) is 20.8 Å². The van der Waals surface area contributed by atoms with Gasteiger partial charge in [0.15, 0.2) is 0 Å². The quantitative estimate of drug-likeness (QED) is 0.778. The van der Waals surface area contributed by atoms with Crippen molar-refractivity contribution in [3.8, 4) is 0 Å². The molecule has 0 saturated carbocycles. The van der Waals surface area contributed by atoms with Crippen molar-refractivity contribution in [2.24, 2.45) is 0 Å². The molecule has 0 aromatic heterocycles. The number of nitrogens with one attached hydrogen (secondary N) is 1. The molecule has 0 bridgehead atoms. The monoisotopic (exact) mass is 237 g/mol. The van der Waals surface area contributed by atoms with Gasteiger partial charge in [0.25, 0.3) is 0 Å². The number of benzene rings is 2. The summed E-state index contributed by atoms with van der Waals surface area (Å²) in [5.74, 6) is 0. The topological polar surface area (TPSA) is 12.0 Å². The first-order valence-electron chi connectivity index (χ1n) is 6.57. The van der Waals surface area contributed by atoms with Crippen molar-refractivity contribution in [2.45, 2.75) is 33.2 Å². The fourth-order valence-corrected chi connectivity index (χ4v) is 2.95. The van der Waals surface area contributed by atoms with Crippen LogP contribution in [0.25, 0.3) is 0 Å². The molecule has 92 valence electrons. The van der Waals surface area contributed by atoms with Gasteiger partial charge in [0.05, 0.1) is 6.04 Å². The minimum atomic E-state index is 0.432. The Hall–Kier alpha value is -1.76. The molecule has 2 aromatic rings. The maximum atomic E-state index is 3.68. The second-order valence-electron chi connectivity index (χ2n) is 5.37. The van der Waals surface area contributed by atoms with Crippen molar-refractivity contribution in [2.75, 3.05) is 5.32 Å². The second-order valence-corrected chi connectivity index (χ2v) is 5.37. The zero-order chi connectivity index (χ0) is 12.7. The Bertz CT molecular complexity index is 599. The Morgan fingerprint density at radius 3 is 2.56 bits per heavy atom. The van der Waals surface area contributed by atoms with Crippen LogP contribution in [0.4, 0.5) is 5.69 Å². The third kappa shape index (κ3) is 1.80. The van der Waals surface area contributed by atoms with Crippen molar-refractivity contribution in [3.05, 3.63) is 64.2 Å². The first-order chi connectivity index (χ1) is 8.65. The van der Waals surface area contributed by atoms with Crippen LogP contribution >= 0.6 is 0 Å². The fraction of sp³-hybridized carbons (Fsp3) is 0.294. The highest BCUT2D eigenvalue weighted by Crippen LogP contribution is 2.37. The van der Waals surface area contributed by atoms with Gasteiger partial charge in [-0.25, -0.2) is 0 Å². The number of fused-ring (bicyclic) bond motifs is 1. The van der Waals surface area contributed by atoms with Crippen LogP contribution in [-0.4, -0.2) is 0 Å². The van der Waals surface area contributed by atoms with Crippen LogP contribution in [0.2, 0.25) is 0 Å². The average Bonchev–Trinajstić information content (AvgIpc) is 2.74. The van der Waals surface area contributed by atoms with Crippen LogP contribution in [0.3, 0.4) is 0 Å². The van der Waals surface area contributed by atoms with Gasteiger partial charge in [-0.3, -0.25) is 0 Å². The lowest BCUT2D eigenvalue weighted by molar-refractivity contribution is 0.815. The van der Waals surface area contributed by atoms with Gasteiger partial charge < -0.3 is 5.32 Å². The van der Waals surface area contributed by atoms with Crippen LogP contribution in [0.5, 0.6) is 0 Å². The highest BCUT2D eigenvalue weighted by Gasteiger charge is 2.23. The lowest BCUT2D eigenvalue weighted by Gasteiger charge is -2.15. The lowest BCUT2D eigenvalue weighted by atomic mass is 9.97. The summed E-state index contributed by atoms with van der Waals surface area (Å²) < 4.78 is 0. The Labute approximate surface area is 109 Å². The first kappa shape index (κ1) is 11.3. The molecule has 1 nitrogen and oxygen atoms in total. The van der Waals surface area contributed by atoms with Gasteiger partial charge in [-0.15, -0.1) is 0 Å². The molecule has 1 unspecified atom stereocenters. The van der Waals surface area contributed by atoms with Gasteiger partial charge in [0.2, 0.25) is 0 Å². The summed E-state index contributed by atoms with van der Waals surface area (Å²) in [4.78, 5) is 0. The Morgan fingerprint density at radius 1 is 1.00 bits per heavy atom. The predicted octanol–water partition coefficient (Wildman–Crippen LogP) is 4.32. The number of anilines is 1. The molecule has 0 aliphatic carbocycles. The predicted molar refractivity (Wildman–Crippen MR) is 77.2 cm³/mol. The van der Waals surface area contributed by atoms with E-state index in [0.29, 0.717) is 6.04 Å². The van der Waals surface area contributed by atoms with E-state index < -0.39 is 0 Å². The van der Waals surface area contributed by atoms with E-state index in [4.69, 9.17) is 0 Å². The summed E-state index contributed by atoms with van der Waals surface area (Å²) >= 11 is 0. The van der Waals surface area contributed by atoms with E-state index in [1.165, 1.54) is 33.5 Å². The van der Waals surface area contributed by atoms with Crippen molar-refractivity contribution in [3.63, 3.8) is 0 Å². The molecule has 2 aromatic carbocycles. The van der Waals surface area contributed by atoms with Gasteiger partial charge in [-0.2, -0.15) is 0 Å². The zero-order valence-electron chi connectivity index (χ0n) is 11.2. The van der Waals surface area contributed by atoms with Gasteiger partial charge in [0.1, 0.15) is 0 Å². The molecule has 1 atom stereocenters. The third-order valence-electron chi connectivity index (χ3n) is 3.90. The maximum Gasteiger partial charge on any atom is 0.0557 e. The van der Waals surface area contributed by atoms with Crippen LogP contribution in [-0.2, 0) is 6.42 Å². The smallest absolute Gasteiger partial charge is 0.0557 e. The van der Waals surface area contributed by atoms with Crippen LogP contribution in [0.15, 0.2) is 36.4 Å². The van der Waals surface area contributed by atoms with Gasteiger partial charge in [-0.1, -0.05) is 42.0 Å². The minimum Gasteiger partial charge on any atom is -0.377 e. The molecule has 0 spiro atoms. The minimum absolute atomic E-state index is 0.432. The van der Waals surface area contributed by atoms with Gasteiger partial charge in [0, 0.05) is 5.69 Å². The van der Waals surface area contributed by atoms with Crippen LogP contribution in [0.1, 0.15) is 33.9 Å². The Kier molecular flexibility index (Phi) is 2.62. The van der Waals surface area contributed by atoms with Crippen molar-refractivity contribution < 1.29 is 0 Å². The molecule has 1 heterocycles. The molecule has 1 N–H and O–H groups in total. The van der Waals surface area contributed by atoms with Crippen LogP contribution < -0.4 is 5.32 Å². The Morgan fingerprint density at radius 2 is 1.83 bits per heavy atom. The molecule has 0 radical (unpaired) electrons. The van der Waals surface area contributed by atoms with Crippen molar-refractivity contribution in [1.82, 2.24) is 0 Å². The molecule has 3 rings (SSSR count). The lowest BCUT2D eigenvalue weighted by Crippen LogP contribution is -2.07. The number of para-hydroxylation sites is 1. The summed E-state index contributed by atoms with van der Waals surface area (Å²) in [7, 11) is 0. The van der Waals surface area contributed by atoms with E-state index in [2.05, 4.69) is 62.5 Å². The SMILES string of the molecule is Cc1ccc(C2Cc3cccc(C)c3N2)c(C)c1. The highest BCUT2D eigenvalue weighted by molar-refractivity contribution is 5.63. The molecule has 1 aliphatic rings. The van der Waals surface area contributed by atoms with E-state index in [1.807, 2.05) is 0 Å². The van der Waals surface area contributed by atoms with E-state index in [0.717, 1.165) is 6.42 Å². The standard InChI is InChI=1S/C17H19N/c1-11-7-8-15(13(3)9-11)16-10-14-6-4-5-12(2)17(14)18-16/h4-9,16,18H,10H2,1-3H3. The summed E-state index contributed by atoms with van der Waals surface area (Å²) in [6.07, 6.45) is 1.10. The summed E-state index contributed by atoms with van der Waals surface area (Å²) in [5, 5.41) is 3.68. The number of rotatable bonds is 1. The van der Waals surface area contributed by atoms with E-state index >= 15 is 0 Å². The van der Waals surface area contributed by atoms with Crippen molar-refractivity contribution in [1.29, 1.82) is 0 Å². The molecular weight excluding hydrogens is 218 g/mol. The molecule has 1 heteroatoms.